The van der Waals surface area contributed by atoms with Crippen LogP contribution in [-0.4, -0.2) is 41.6 Å². The van der Waals surface area contributed by atoms with Gasteiger partial charge in [-0.3, -0.25) is 0 Å². The summed E-state index contributed by atoms with van der Waals surface area (Å²) >= 11 is 0. The molecular weight excluding hydrogens is 336 g/mol. The Morgan fingerprint density at radius 1 is 1.12 bits per heavy atom. The topological polar surface area (TPSA) is 111 Å². The van der Waals surface area contributed by atoms with Crippen LogP contribution in [0.25, 0.3) is 0 Å². The summed E-state index contributed by atoms with van der Waals surface area (Å²) in [5.41, 5.74) is 4.74. The molecule has 0 aromatic heterocycles. The number of nitrogens with one attached hydrogen (secondary N) is 1. The first-order chi connectivity index (χ1) is 12.2. The maximum atomic E-state index is 11.7. The van der Waals surface area contributed by atoms with E-state index in [9.17, 15) is 14.7 Å². The zero-order valence-corrected chi connectivity index (χ0v) is 15.8. The third-order valence-electron chi connectivity index (χ3n) is 3.73. The summed E-state index contributed by atoms with van der Waals surface area (Å²) in [7, 11) is 0. The van der Waals surface area contributed by atoms with E-state index >= 15 is 0 Å². The molecule has 7 heteroatoms. The van der Waals surface area contributed by atoms with E-state index < -0.39 is 23.4 Å². The quantitative estimate of drug-likeness (QED) is 0.582. The van der Waals surface area contributed by atoms with E-state index in [1.807, 2.05) is 30.3 Å². The van der Waals surface area contributed by atoms with E-state index in [1.54, 1.807) is 20.8 Å². The molecule has 1 atom stereocenters. The van der Waals surface area contributed by atoms with Gasteiger partial charge in [0.25, 0.3) is 0 Å². The van der Waals surface area contributed by atoms with Crippen LogP contribution in [0.15, 0.2) is 30.3 Å². The lowest BCUT2D eigenvalue weighted by atomic mass is 9.86. The maximum Gasteiger partial charge on any atom is 0.407 e. The van der Waals surface area contributed by atoms with Crippen molar-refractivity contribution in [3.05, 3.63) is 35.9 Å². The SMILES string of the molecule is CC(C)(C)OC(=O)NCCC[C@@](CCO)(Cc1ccccc1)OC(N)=O. The predicted octanol–water partition coefficient (Wildman–Crippen LogP) is 2.75. The monoisotopic (exact) mass is 366 g/mol. The van der Waals surface area contributed by atoms with Crippen LogP contribution in [0, 0.1) is 0 Å². The number of rotatable bonds is 9. The van der Waals surface area contributed by atoms with Gasteiger partial charge < -0.3 is 25.6 Å². The molecule has 7 nitrogen and oxygen atoms in total. The summed E-state index contributed by atoms with van der Waals surface area (Å²) in [4.78, 5) is 23.1. The number of amides is 2. The van der Waals surface area contributed by atoms with Crippen molar-refractivity contribution in [3.8, 4) is 0 Å². The molecule has 0 saturated heterocycles. The van der Waals surface area contributed by atoms with E-state index in [1.165, 1.54) is 0 Å². The molecule has 0 spiro atoms. The van der Waals surface area contributed by atoms with E-state index in [0.717, 1.165) is 5.56 Å². The summed E-state index contributed by atoms with van der Waals surface area (Å²) in [6, 6.07) is 9.54. The molecule has 0 aliphatic carbocycles. The fourth-order valence-corrected chi connectivity index (χ4v) is 2.74. The summed E-state index contributed by atoms with van der Waals surface area (Å²) in [6.07, 6.45) is 0.306. The minimum Gasteiger partial charge on any atom is -0.444 e. The van der Waals surface area contributed by atoms with Crippen LogP contribution < -0.4 is 11.1 Å². The van der Waals surface area contributed by atoms with Gasteiger partial charge in [-0.15, -0.1) is 0 Å². The average Bonchev–Trinajstić information content (AvgIpc) is 2.50. The minimum absolute atomic E-state index is 0.139. The Balaban J connectivity index is 2.69. The van der Waals surface area contributed by atoms with Crippen LogP contribution in [-0.2, 0) is 15.9 Å². The van der Waals surface area contributed by atoms with Crippen LogP contribution in [0.5, 0.6) is 0 Å². The van der Waals surface area contributed by atoms with Crippen molar-refractivity contribution in [1.82, 2.24) is 5.32 Å². The second-order valence-electron chi connectivity index (χ2n) is 7.27. The fraction of sp³-hybridized carbons (Fsp3) is 0.579. The van der Waals surface area contributed by atoms with Crippen molar-refractivity contribution in [1.29, 1.82) is 0 Å². The molecule has 0 saturated carbocycles. The third kappa shape index (κ3) is 8.71. The van der Waals surface area contributed by atoms with Crippen molar-refractivity contribution < 1.29 is 24.2 Å². The highest BCUT2D eigenvalue weighted by molar-refractivity contribution is 5.67. The van der Waals surface area contributed by atoms with Crippen LogP contribution in [0.3, 0.4) is 0 Å². The molecule has 0 unspecified atom stereocenters. The first-order valence-electron chi connectivity index (χ1n) is 8.76. The maximum absolute atomic E-state index is 11.7. The zero-order valence-electron chi connectivity index (χ0n) is 15.8. The van der Waals surface area contributed by atoms with Crippen molar-refractivity contribution in [3.63, 3.8) is 0 Å². The van der Waals surface area contributed by atoms with Gasteiger partial charge in [0.05, 0.1) is 0 Å². The van der Waals surface area contributed by atoms with Crippen LogP contribution in [0.4, 0.5) is 9.59 Å². The number of carbonyl (C=O) groups is 2. The second-order valence-corrected chi connectivity index (χ2v) is 7.27. The molecule has 2 amide bonds. The number of hydrogen-bond donors (Lipinski definition) is 3. The van der Waals surface area contributed by atoms with Crippen LogP contribution >= 0.6 is 0 Å². The lowest BCUT2D eigenvalue weighted by molar-refractivity contribution is -0.00980. The van der Waals surface area contributed by atoms with E-state index in [2.05, 4.69) is 5.32 Å². The van der Waals surface area contributed by atoms with Gasteiger partial charge >= 0.3 is 12.2 Å². The first kappa shape index (κ1) is 21.8. The molecule has 0 aliphatic rings. The number of hydrogen-bond acceptors (Lipinski definition) is 5. The molecule has 0 heterocycles. The third-order valence-corrected chi connectivity index (χ3v) is 3.73. The second kappa shape index (κ2) is 10.0. The Labute approximate surface area is 154 Å². The highest BCUT2D eigenvalue weighted by Gasteiger charge is 2.33. The highest BCUT2D eigenvalue weighted by Crippen LogP contribution is 2.27. The van der Waals surface area contributed by atoms with Gasteiger partial charge in [-0.2, -0.15) is 0 Å². The van der Waals surface area contributed by atoms with E-state index in [4.69, 9.17) is 15.2 Å². The summed E-state index contributed by atoms with van der Waals surface area (Å²) in [5, 5.41) is 12.1. The molecule has 1 aromatic carbocycles. The number of ether oxygens (including phenoxy) is 2. The molecule has 0 fully saturated rings. The van der Waals surface area contributed by atoms with Crippen molar-refractivity contribution in [2.24, 2.45) is 5.73 Å². The zero-order chi connectivity index (χ0) is 19.6. The van der Waals surface area contributed by atoms with Gasteiger partial charge in [0.15, 0.2) is 0 Å². The summed E-state index contributed by atoms with van der Waals surface area (Å²) < 4.78 is 10.6. The lowest BCUT2D eigenvalue weighted by Gasteiger charge is -2.33. The van der Waals surface area contributed by atoms with Gasteiger partial charge in [0, 0.05) is 26.0 Å². The standard InChI is InChI=1S/C19H30N2O5/c1-18(2,3)26-17(24)21-12-7-10-19(11-13-22,25-16(20)23)14-15-8-5-4-6-9-15/h4-6,8-9,22H,7,10-14H2,1-3H3,(H2,20,23)(H,21,24)/t19-/m1/s1. The van der Waals surface area contributed by atoms with Gasteiger partial charge in [-0.1, -0.05) is 30.3 Å². The fourth-order valence-electron chi connectivity index (χ4n) is 2.74. The highest BCUT2D eigenvalue weighted by atomic mass is 16.6. The minimum atomic E-state index is -0.919. The van der Waals surface area contributed by atoms with Crippen molar-refractivity contribution in [2.75, 3.05) is 13.2 Å². The number of aliphatic hydroxyl groups is 1. The molecule has 1 rings (SSSR count). The molecule has 4 N–H and O–H groups in total. The van der Waals surface area contributed by atoms with Crippen molar-refractivity contribution >= 4 is 12.2 Å². The number of primary amides is 1. The molecule has 0 radical (unpaired) electrons. The molecule has 1 aromatic rings. The van der Waals surface area contributed by atoms with Crippen LogP contribution in [0.2, 0.25) is 0 Å². The summed E-state index contributed by atoms with van der Waals surface area (Å²) in [5.74, 6) is 0. The van der Waals surface area contributed by atoms with Crippen molar-refractivity contribution in [2.45, 2.75) is 57.7 Å². The smallest absolute Gasteiger partial charge is 0.407 e. The molecule has 26 heavy (non-hydrogen) atoms. The Kier molecular flexibility index (Phi) is 8.38. The van der Waals surface area contributed by atoms with E-state index in [0.29, 0.717) is 25.8 Å². The largest absolute Gasteiger partial charge is 0.444 e. The normalized spacial score (nSPS) is 13.5. The average molecular weight is 366 g/mol. The Morgan fingerprint density at radius 2 is 1.77 bits per heavy atom. The van der Waals surface area contributed by atoms with Gasteiger partial charge in [0.2, 0.25) is 0 Å². The number of carbonyl (C=O) groups excluding carboxylic acids is 2. The number of benzene rings is 1. The predicted molar refractivity (Wildman–Crippen MR) is 98.7 cm³/mol. The first-order valence-corrected chi connectivity index (χ1v) is 8.76. The molecule has 146 valence electrons. The lowest BCUT2D eigenvalue weighted by Crippen LogP contribution is -2.41. The molecule has 0 bridgehead atoms. The van der Waals surface area contributed by atoms with Crippen LogP contribution in [0.1, 0.15) is 45.6 Å². The number of nitrogens with two attached hydrogens (primary N) is 1. The Hall–Kier alpha value is -2.28. The van der Waals surface area contributed by atoms with Gasteiger partial charge in [0.1, 0.15) is 11.2 Å². The van der Waals surface area contributed by atoms with Gasteiger partial charge in [-0.25, -0.2) is 9.59 Å². The van der Waals surface area contributed by atoms with Gasteiger partial charge in [-0.05, 0) is 39.2 Å². The Morgan fingerprint density at radius 3 is 2.31 bits per heavy atom. The van der Waals surface area contributed by atoms with E-state index in [-0.39, 0.29) is 13.0 Å². The summed E-state index contributed by atoms with van der Waals surface area (Å²) in [6.45, 7) is 5.59. The molecule has 0 aliphatic heterocycles. The molecular formula is C19H30N2O5. The Bertz CT molecular complexity index is 571. The number of aliphatic hydroxyl groups excluding tert-OH is 1. The number of alkyl carbamates (subject to hydrolysis) is 1.